The van der Waals surface area contributed by atoms with E-state index >= 15 is 0 Å². The van der Waals surface area contributed by atoms with E-state index < -0.39 is 14.6 Å². The highest BCUT2D eigenvalue weighted by Crippen LogP contribution is 2.23. The molecule has 0 aromatic heterocycles. The highest BCUT2D eigenvalue weighted by molar-refractivity contribution is 14.0. The van der Waals surface area contributed by atoms with Crippen molar-refractivity contribution in [1.82, 2.24) is 15.1 Å². The summed E-state index contributed by atoms with van der Waals surface area (Å²) >= 11 is 0. The Kier molecular flexibility index (Phi) is 8.53. The lowest BCUT2D eigenvalue weighted by atomic mass is 10.2. The minimum Gasteiger partial charge on any atom is -0.353 e. The van der Waals surface area contributed by atoms with Crippen LogP contribution in [0.4, 0.5) is 0 Å². The van der Waals surface area contributed by atoms with Crippen molar-refractivity contribution in [3.63, 3.8) is 0 Å². The minimum atomic E-state index is -3.11. The standard InChI is InChI=1S/C14H26N4O3S.HI/c1-6-7-15-13(16-10-12(19)17(4)5)18-8-9-22(20,21)14(2,3)11-18;/h6H,1,7-11H2,2-5H3,(H,15,16);1H. The Labute approximate surface area is 156 Å². The van der Waals surface area contributed by atoms with Crippen LogP contribution < -0.4 is 5.32 Å². The van der Waals surface area contributed by atoms with Crippen molar-refractivity contribution in [2.24, 2.45) is 4.99 Å². The van der Waals surface area contributed by atoms with Gasteiger partial charge in [-0.3, -0.25) is 4.79 Å². The van der Waals surface area contributed by atoms with E-state index in [1.807, 2.05) is 4.90 Å². The number of likely N-dealkylation sites (N-methyl/N-ethyl adjacent to an activating group) is 1. The highest BCUT2D eigenvalue weighted by atomic mass is 127. The SMILES string of the molecule is C=CCNC(=NCC(=O)N(C)C)N1CCS(=O)(=O)C(C)(C)C1.I. The molecule has 1 heterocycles. The summed E-state index contributed by atoms with van der Waals surface area (Å²) in [6, 6.07) is 0. The molecule has 0 aromatic rings. The Morgan fingerprint density at radius 1 is 1.43 bits per heavy atom. The number of halogens is 1. The zero-order chi connectivity index (χ0) is 17.0. The van der Waals surface area contributed by atoms with Gasteiger partial charge in [0.15, 0.2) is 15.8 Å². The number of rotatable bonds is 4. The van der Waals surface area contributed by atoms with Crippen LogP contribution >= 0.6 is 24.0 Å². The van der Waals surface area contributed by atoms with Gasteiger partial charge in [-0.25, -0.2) is 13.4 Å². The van der Waals surface area contributed by atoms with Gasteiger partial charge in [-0.05, 0) is 13.8 Å². The summed E-state index contributed by atoms with van der Waals surface area (Å²) in [6.07, 6.45) is 1.69. The van der Waals surface area contributed by atoms with Gasteiger partial charge < -0.3 is 15.1 Å². The van der Waals surface area contributed by atoms with Crippen LogP contribution in [0.25, 0.3) is 0 Å². The maximum Gasteiger partial charge on any atom is 0.243 e. The Balaban J connectivity index is 0.00000484. The summed E-state index contributed by atoms with van der Waals surface area (Å²) in [5.41, 5.74) is 0. The fourth-order valence-electron chi connectivity index (χ4n) is 2.04. The predicted octanol–water partition coefficient (Wildman–Crippen LogP) is 0.333. The predicted molar refractivity (Wildman–Crippen MR) is 104 cm³/mol. The number of nitrogens with one attached hydrogen (secondary N) is 1. The van der Waals surface area contributed by atoms with Crippen LogP contribution in [0.2, 0.25) is 0 Å². The van der Waals surface area contributed by atoms with Crippen LogP contribution in [-0.2, 0) is 14.6 Å². The van der Waals surface area contributed by atoms with Gasteiger partial charge in [0, 0.05) is 33.7 Å². The van der Waals surface area contributed by atoms with E-state index in [0.29, 0.717) is 25.6 Å². The van der Waals surface area contributed by atoms with E-state index in [0.717, 1.165) is 0 Å². The zero-order valence-electron chi connectivity index (χ0n) is 14.2. The van der Waals surface area contributed by atoms with Gasteiger partial charge in [0.05, 0.1) is 10.5 Å². The molecule has 0 spiro atoms. The van der Waals surface area contributed by atoms with Gasteiger partial charge in [0.2, 0.25) is 5.91 Å². The molecule has 9 heteroatoms. The molecule has 7 nitrogen and oxygen atoms in total. The molecule has 0 unspecified atom stereocenters. The normalized spacial score (nSPS) is 19.5. The molecule has 1 saturated heterocycles. The fraction of sp³-hybridized carbons (Fsp3) is 0.714. The summed E-state index contributed by atoms with van der Waals surface area (Å²) in [4.78, 5) is 19.4. The van der Waals surface area contributed by atoms with Crippen molar-refractivity contribution < 1.29 is 13.2 Å². The third kappa shape index (κ3) is 5.94. The summed E-state index contributed by atoms with van der Waals surface area (Å²) in [5, 5.41) is 3.09. The van der Waals surface area contributed by atoms with Crippen molar-refractivity contribution in [1.29, 1.82) is 0 Å². The number of carbonyl (C=O) groups is 1. The Morgan fingerprint density at radius 3 is 2.52 bits per heavy atom. The Morgan fingerprint density at radius 2 is 2.04 bits per heavy atom. The molecule has 0 aliphatic carbocycles. The van der Waals surface area contributed by atoms with Crippen LogP contribution in [0, 0.1) is 0 Å². The third-order valence-electron chi connectivity index (χ3n) is 3.61. The first-order chi connectivity index (χ1) is 10.1. The van der Waals surface area contributed by atoms with Crippen LogP contribution in [0.1, 0.15) is 13.8 Å². The van der Waals surface area contributed by atoms with Gasteiger partial charge in [-0.1, -0.05) is 6.08 Å². The van der Waals surface area contributed by atoms with Gasteiger partial charge >= 0.3 is 0 Å². The summed E-state index contributed by atoms with van der Waals surface area (Å²) < 4.78 is 23.3. The van der Waals surface area contributed by atoms with Crippen LogP contribution in [0.15, 0.2) is 17.6 Å². The third-order valence-corrected chi connectivity index (χ3v) is 6.14. The molecule has 23 heavy (non-hydrogen) atoms. The van der Waals surface area contributed by atoms with Gasteiger partial charge in [-0.2, -0.15) is 0 Å². The zero-order valence-corrected chi connectivity index (χ0v) is 17.3. The smallest absolute Gasteiger partial charge is 0.243 e. The van der Waals surface area contributed by atoms with Gasteiger partial charge in [0.1, 0.15) is 6.54 Å². The molecule has 0 atom stereocenters. The number of hydrogen-bond donors (Lipinski definition) is 1. The van der Waals surface area contributed by atoms with Crippen molar-refractivity contribution in [3.05, 3.63) is 12.7 Å². The molecule has 0 bridgehead atoms. The topological polar surface area (TPSA) is 82.1 Å². The molecular formula is C14H27IN4O3S. The summed E-state index contributed by atoms with van der Waals surface area (Å²) in [5.74, 6) is 0.510. The maximum absolute atomic E-state index is 12.1. The van der Waals surface area contributed by atoms with E-state index in [4.69, 9.17) is 0 Å². The number of carbonyl (C=O) groups excluding carboxylic acids is 1. The van der Waals surface area contributed by atoms with E-state index in [1.165, 1.54) is 4.90 Å². The first kappa shape index (κ1) is 22.2. The molecule has 0 radical (unpaired) electrons. The number of amides is 1. The van der Waals surface area contributed by atoms with Crippen LogP contribution in [0.3, 0.4) is 0 Å². The second kappa shape index (κ2) is 8.86. The molecule has 0 saturated carbocycles. The van der Waals surface area contributed by atoms with Gasteiger partial charge in [0.25, 0.3) is 0 Å². The largest absolute Gasteiger partial charge is 0.353 e. The van der Waals surface area contributed by atoms with Crippen molar-refractivity contribution in [2.45, 2.75) is 18.6 Å². The number of sulfone groups is 1. The first-order valence-electron chi connectivity index (χ1n) is 7.17. The van der Waals surface area contributed by atoms with E-state index in [1.54, 1.807) is 34.0 Å². The molecule has 0 aromatic carbocycles. The first-order valence-corrected chi connectivity index (χ1v) is 8.82. The minimum absolute atomic E-state index is 0. The Hall–Kier alpha value is -0.840. The van der Waals surface area contributed by atoms with E-state index in [-0.39, 0.29) is 42.2 Å². The molecule has 1 N–H and O–H groups in total. The van der Waals surface area contributed by atoms with Crippen molar-refractivity contribution in [3.8, 4) is 0 Å². The van der Waals surface area contributed by atoms with Crippen LogP contribution in [-0.4, -0.2) is 80.9 Å². The molecule has 134 valence electrons. The summed E-state index contributed by atoms with van der Waals surface area (Å²) in [6.45, 7) is 8.30. The average Bonchev–Trinajstić information content (AvgIpc) is 2.42. The number of hydrogen-bond acceptors (Lipinski definition) is 4. The van der Waals surface area contributed by atoms with E-state index in [9.17, 15) is 13.2 Å². The lowest BCUT2D eigenvalue weighted by molar-refractivity contribution is -0.127. The lowest BCUT2D eigenvalue weighted by Crippen LogP contribution is -2.57. The maximum atomic E-state index is 12.1. The van der Waals surface area contributed by atoms with Gasteiger partial charge in [-0.15, -0.1) is 30.6 Å². The highest BCUT2D eigenvalue weighted by Gasteiger charge is 2.40. The van der Waals surface area contributed by atoms with Crippen LogP contribution in [0.5, 0.6) is 0 Å². The summed E-state index contributed by atoms with van der Waals surface area (Å²) in [7, 11) is 0.231. The molecule has 1 rings (SSSR count). The number of aliphatic imine (C=N–C) groups is 1. The molecular weight excluding hydrogens is 431 g/mol. The van der Waals surface area contributed by atoms with Crippen molar-refractivity contribution >= 4 is 45.7 Å². The molecule has 1 fully saturated rings. The lowest BCUT2D eigenvalue weighted by Gasteiger charge is -2.39. The van der Waals surface area contributed by atoms with Crippen molar-refractivity contribution in [2.75, 3.05) is 46.0 Å². The fourth-order valence-corrected chi connectivity index (χ4v) is 3.41. The monoisotopic (exact) mass is 458 g/mol. The second-order valence-electron chi connectivity index (χ2n) is 6.10. The molecule has 1 aliphatic heterocycles. The second-order valence-corrected chi connectivity index (χ2v) is 8.84. The quantitative estimate of drug-likeness (QED) is 0.284. The van der Waals surface area contributed by atoms with E-state index in [2.05, 4.69) is 16.9 Å². The number of nitrogens with zero attached hydrogens (tertiary/aromatic N) is 3. The Bertz CT molecular complexity index is 558. The average molecular weight is 458 g/mol. The molecule has 1 aliphatic rings. The number of guanidine groups is 1. The molecule has 1 amide bonds.